The molecule has 0 aliphatic carbocycles. The van der Waals surface area contributed by atoms with Gasteiger partial charge in [-0.05, 0) is 42.4 Å². The Morgan fingerprint density at radius 2 is 2.00 bits per heavy atom. The Hall–Kier alpha value is -1.39. The molecule has 100 valence electrons. The Morgan fingerprint density at radius 1 is 1.16 bits per heavy atom. The minimum atomic E-state index is -0.281. The second-order valence-electron chi connectivity index (χ2n) is 4.24. The first-order valence-electron chi connectivity index (χ1n) is 5.98. The van der Waals surface area contributed by atoms with Gasteiger partial charge in [-0.3, -0.25) is 0 Å². The molecule has 1 N–H and O–H groups in total. The molecule has 0 bridgehead atoms. The third-order valence-corrected chi connectivity index (χ3v) is 3.10. The first-order chi connectivity index (χ1) is 9.17. The van der Waals surface area contributed by atoms with Gasteiger partial charge >= 0.3 is 0 Å². The zero-order chi connectivity index (χ0) is 13.7. The highest BCUT2D eigenvalue weighted by molar-refractivity contribution is 9.10. The van der Waals surface area contributed by atoms with E-state index in [1.807, 2.05) is 37.4 Å². The minimum absolute atomic E-state index is 0.281. The molecule has 0 fully saturated rings. The van der Waals surface area contributed by atoms with E-state index in [9.17, 15) is 4.39 Å². The van der Waals surface area contributed by atoms with Crippen molar-refractivity contribution >= 4 is 15.9 Å². The first-order valence-corrected chi connectivity index (χ1v) is 6.78. The highest BCUT2D eigenvalue weighted by Crippen LogP contribution is 2.19. The van der Waals surface area contributed by atoms with Gasteiger partial charge in [-0.15, -0.1) is 0 Å². The molecule has 2 nitrogen and oxygen atoms in total. The summed E-state index contributed by atoms with van der Waals surface area (Å²) < 4.78 is 20.1. The predicted molar refractivity (Wildman–Crippen MR) is 77.6 cm³/mol. The van der Waals surface area contributed by atoms with Crippen molar-refractivity contribution in [3.8, 4) is 5.75 Å². The highest BCUT2D eigenvalue weighted by Gasteiger charge is 2.02. The molecule has 0 unspecified atom stereocenters. The monoisotopic (exact) mass is 323 g/mol. The molecule has 0 spiro atoms. The molecule has 0 saturated carbocycles. The number of hydrogen-bond donors (Lipinski definition) is 1. The van der Waals surface area contributed by atoms with Gasteiger partial charge < -0.3 is 10.1 Å². The van der Waals surface area contributed by atoms with Gasteiger partial charge in [-0.2, -0.15) is 0 Å². The lowest BCUT2D eigenvalue weighted by Crippen LogP contribution is -2.06. The van der Waals surface area contributed by atoms with Crippen molar-refractivity contribution in [3.05, 3.63) is 63.9 Å². The average molecular weight is 324 g/mol. The molecule has 0 radical (unpaired) electrons. The maximum Gasteiger partial charge on any atom is 0.127 e. The largest absolute Gasteiger partial charge is 0.489 e. The molecule has 19 heavy (non-hydrogen) atoms. The fraction of sp³-hybridized carbons (Fsp3) is 0.200. The van der Waals surface area contributed by atoms with Crippen molar-refractivity contribution in [2.75, 3.05) is 7.05 Å². The van der Waals surface area contributed by atoms with E-state index in [-0.39, 0.29) is 5.82 Å². The van der Waals surface area contributed by atoms with Crippen LogP contribution in [-0.4, -0.2) is 7.05 Å². The molecule has 2 rings (SSSR count). The lowest BCUT2D eigenvalue weighted by Gasteiger charge is -2.09. The number of ether oxygens (including phenoxy) is 1. The van der Waals surface area contributed by atoms with Gasteiger partial charge in [0, 0.05) is 17.1 Å². The third kappa shape index (κ3) is 4.33. The normalized spacial score (nSPS) is 10.5. The van der Waals surface area contributed by atoms with E-state index >= 15 is 0 Å². The molecule has 0 amide bonds. The first kappa shape index (κ1) is 14.0. The average Bonchev–Trinajstić information content (AvgIpc) is 2.36. The maximum absolute atomic E-state index is 13.4. The fourth-order valence-electron chi connectivity index (χ4n) is 1.80. The van der Waals surface area contributed by atoms with Gasteiger partial charge in [0.15, 0.2) is 0 Å². The van der Waals surface area contributed by atoms with Crippen LogP contribution >= 0.6 is 15.9 Å². The van der Waals surface area contributed by atoms with Crippen LogP contribution in [0.2, 0.25) is 0 Å². The van der Waals surface area contributed by atoms with E-state index < -0.39 is 0 Å². The van der Waals surface area contributed by atoms with Crippen LogP contribution in [0.3, 0.4) is 0 Å². The van der Waals surface area contributed by atoms with Gasteiger partial charge in [0.25, 0.3) is 0 Å². The Bertz CT molecular complexity index is 560. The predicted octanol–water partition coefficient (Wildman–Crippen LogP) is 3.89. The summed E-state index contributed by atoms with van der Waals surface area (Å²) in [6, 6.07) is 12.6. The second-order valence-corrected chi connectivity index (χ2v) is 5.16. The molecule has 0 aliphatic rings. The van der Waals surface area contributed by atoms with E-state index in [2.05, 4.69) is 21.2 Å². The van der Waals surface area contributed by atoms with Crippen LogP contribution < -0.4 is 10.1 Å². The molecule has 2 aromatic rings. The maximum atomic E-state index is 13.4. The molecular formula is C15H15BrFNO. The fourth-order valence-corrected chi connectivity index (χ4v) is 2.25. The van der Waals surface area contributed by atoms with E-state index in [0.717, 1.165) is 15.6 Å². The minimum Gasteiger partial charge on any atom is -0.489 e. The number of halogens is 2. The van der Waals surface area contributed by atoms with Crippen molar-refractivity contribution in [1.82, 2.24) is 5.32 Å². The molecular weight excluding hydrogens is 309 g/mol. The number of benzene rings is 2. The van der Waals surface area contributed by atoms with Crippen LogP contribution in [0.4, 0.5) is 4.39 Å². The standard InChI is InChI=1S/C15H15BrFNO/c1-18-9-12-6-14(17)8-15(7-12)19-10-11-3-2-4-13(16)5-11/h2-8,18H,9-10H2,1H3. The lowest BCUT2D eigenvalue weighted by molar-refractivity contribution is 0.304. The lowest BCUT2D eigenvalue weighted by atomic mass is 10.2. The van der Waals surface area contributed by atoms with Gasteiger partial charge in [0.2, 0.25) is 0 Å². The van der Waals surface area contributed by atoms with Crippen LogP contribution in [0, 0.1) is 5.82 Å². The zero-order valence-corrected chi connectivity index (χ0v) is 12.2. The van der Waals surface area contributed by atoms with Gasteiger partial charge in [-0.1, -0.05) is 28.1 Å². The second kappa shape index (κ2) is 6.68. The van der Waals surface area contributed by atoms with E-state index in [0.29, 0.717) is 18.9 Å². The highest BCUT2D eigenvalue weighted by atomic mass is 79.9. The van der Waals surface area contributed by atoms with Crippen LogP contribution in [0.25, 0.3) is 0 Å². The third-order valence-electron chi connectivity index (χ3n) is 2.61. The summed E-state index contributed by atoms with van der Waals surface area (Å²) in [5.41, 5.74) is 1.90. The van der Waals surface area contributed by atoms with Crippen LogP contribution in [0.1, 0.15) is 11.1 Å². The Balaban J connectivity index is 2.06. The Morgan fingerprint density at radius 3 is 2.74 bits per heavy atom. The summed E-state index contributed by atoms with van der Waals surface area (Å²) in [5, 5.41) is 2.99. The topological polar surface area (TPSA) is 21.3 Å². The summed E-state index contributed by atoms with van der Waals surface area (Å²) in [5.74, 6) is 0.266. The summed E-state index contributed by atoms with van der Waals surface area (Å²) in [4.78, 5) is 0. The molecule has 2 aromatic carbocycles. The molecule has 0 aromatic heterocycles. The summed E-state index contributed by atoms with van der Waals surface area (Å²) in [6.45, 7) is 1.03. The quantitative estimate of drug-likeness (QED) is 0.901. The smallest absolute Gasteiger partial charge is 0.127 e. The van der Waals surface area contributed by atoms with Gasteiger partial charge in [0.1, 0.15) is 18.2 Å². The summed E-state index contributed by atoms with van der Waals surface area (Å²) in [6.07, 6.45) is 0. The van der Waals surface area contributed by atoms with Gasteiger partial charge in [0.05, 0.1) is 0 Å². The molecule has 0 heterocycles. The van der Waals surface area contributed by atoms with E-state index in [1.165, 1.54) is 12.1 Å². The number of nitrogens with one attached hydrogen (secondary N) is 1. The van der Waals surface area contributed by atoms with Crippen molar-refractivity contribution in [2.24, 2.45) is 0 Å². The van der Waals surface area contributed by atoms with Crippen LogP contribution in [0.15, 0.2) is 46.9 Å². The molecule has 0 atom stereocenters. The van der Waals surface area contributed by atoms with Crippen molar-refractivity contribution in [2.45, 2.75) is 13.2 Å². The number of hydrogen-bond acceptors (Lipinski definition) is 2. The summed E-state index contributed by atoms with van der Waals surface area (Å²) in [7, 11) is 1.83. The van der Waals surface area contributed by atoms with Crippen molar-refractivity contribution < 1.29 is 9.13 Å². The van der Waals surface area contributed by atoms with Crippen molar-refractivity contribution in [1.29, 1.82) is 0 Å². The summed E-state index contributed by atoms with van der Waals surface area (Å²) >= 11 is 3.41. The molecule has 4 heteroatoms. The van der Waals surface area contributed by atoms with E-state index in [1.54, 1.807) is 0 Å². The van der Waals surface area contributed by atoms with Crippen LogP contribution in [-0.2, 0) is 13.2 Å². The molecule has 0 aliphatic heterocycles. The van der Waals surface area contributed by atoms with Crippen molar-refractivity contribution in [3.63, 3.8) is 0 Å². The van der Waals surface area contributed by atoms with E-state index in [4.69, 9.17) is 4.74 Å². The Labute approximate surface area is 120 Å². The SMILES string of the molecule is CNCc1cc(F)cc(OCc2cccc(Br)c2)c1. The van der Waals surface area contributed by atoms with Crippen LogP contribution in [0.5, 0.6) is 5.75 Å². The number of rotatable bonds is 5. The zero-order valence-electron chi connectivity index (χ0n) is 10.6. The van der Waals surface area contributed by atoms with Gasteiger partial charge in [-0.25, -0.2) is 4.39 Å². The Kier molecular flexibility index (Phi) is 4.93. The molecule has 0 saturated heterocycles.